The van der Waals surface area contributed by atoms with Gasteiger partial charge in [0.1, 0.15) is 0 Å². The predicted molar refractivity (Wildman–Crippen MR) is 74.0 cm³/mol. The van der Waals surface area contributed by atoms with Crippen molar-refractivity contribution in [2.45, 2.75) is 6.18 Å². The Morgan fingerprint density at radius 2 is 1.91 bits per heavy atom. The Balaban J connectivity index is 1.99. The van der Waals surface area contributed by atoms with Crippen LogP contribution < -0.4 is 15.4 Å². The first kappa shape index (κ1) is 16.3. The van der Waals surface area contributed by atoms with E-state index in [0.29, 0.717) is 0 Å². The molecule has 0 radical (unpaired) electrons. The molecule has 0 unspecified atom stereocenters. The number of benzene rings is 1. The summed E-state index contributed by atoms with van der Waals surface area (Å²) in [5.41, 5.74) is -0.639. The summed E-state index contributed by atoms with van der Waals surface area (Å²) in [5, 5.41) is 4.71. The summed E-state index contributed by atoms with van der Waals surface area (Å²) in [7, 11) is 1.55. The number of halogens is 3. The van der Waals surface area contributed by atoms with Crippen molar-refractivity contribution in [3.8, 4) is 6.01 Å². The van der Waals surface area contributed by atoms with Crippen LogP contribution in [0.3, 0.4) is 0 Å². The van der Waals surface area contributed by atoms with Gasteiger partial charge in [-0.15, -0.1) is 0 Å². The van der Waals surface area contributed by atoms with Gasteiger partial charge >= 0.3 is 24.7 Å². The van der Waals surface area contributed by atoms with E-state index < -0.39 is 17.8 Å². The van der Waals surface area contributed by atoms with Gasteiger partial charge in [0, 0.05) is 12.7 Å². The van der Waals surface area contributed by atoms with Crippen molar-refractivity contribution in [2.75, 3.05) is 10.6 Å². The first-order valence-electron chi connectivity index (χ1n) is 6.18. The molecule has 122 valence electrons. The van der Waals surface area contributed by atoms with E-state index in [1.165, 1.54) is 10.8 Å². The Morgan fingerprint density at radius 1 is 1.26 bits per heavy atom. The molecule has 2 N–H and O–H groups in total. The van der Waals surface area contributed by atoms with Crippen molar-refractivity contribution in [1.29, 1.82) is 0 Å². The zero-order valence-electron chi connectivity index (χ0n) is 11.7. The fourth-order valence-corrected chi connectivity index (χ4v) is 1.68. The van der Waals surface area contributed by atoms with E-state index in [-0.39, 0.29) is 24.0 Å². The third-order valence-electron chi connectivity index (χ3n) is 2.70. The lowest BCUT2D eigenvalue weighted by Gasteiger charge is -2.08. The summed E-state index contributed by atoms with van der Waals surface area (Å²) in [5.74, 6) is 0.105. The first-order valence-corrected chi connectivity index (χ1v) is 6.18. The summed E-state index contributed by atoms with van der Waals surface area (Å²) in [6.45, 7) is 0.189. The summed E-state index contributed by atoms with van der Waals surface area (Å²) in [6, 6.07) is 3.23. The molecular formula is C13H11F3N4O3. The highest BCUT2D eigenvalue weighted by molar-refractivity contribution is 5.99. The maximum absolute atomic E-state index is 12.4. The third-order valence-corrected chi connectivity index (χ3v) is 2.70. The Kier molecular flexibility index (Phi) is 4.53. The molecule has 1 aromatic carbocycles. The van der Waals surface area contributed by atoms with Crippen LogP contribution in [-0.2, 0) is 18.0 Å². The SMILES string of the molecule is Cn1cc(NC(=O)Nc2ccc(C(F)(F)F)cc2)nc1OC=O. The quantitative estimate of drug-likeness (QED) is 0.845. The average molecular weight is 328 g/mol. The summed E-state index contributed by atoms with van der Waals surface area (Å²) in [4.78, 5) is 25.8. The van der Waals surface area contributed by atoms with Crippen LogP contribution in [0, 0.1) is 0 Å². The van der Waals surface area contributed by atoms with Gasteiger partial charge in [-0.2, -0.15) is 18.2 Å². The molecule has 10 heteroatoms. The molecule has 2 aromatic rings. The molecule has 23 heavy (non-hydrogen) atoms. The van der Waals surface area contributed by atoms with Crippen molar-refractivity contribution in [2.24, 2.45) is 7.05 Å². The lowest BCUT2D eigenvalue weighted by Crippen LogP contribution is -2.19. The molecule has 0 bridgehead atoms. The second kappa shape index (κ2) is 6.38. The maximum atomic E-state index is 12.4. The first-order chi connectivity index (χ1) is 10.8. The number of hydrogen-bond donors (Lipinski definition) is 2. The van der Waals surface area contributed by atoms with Gasteiger partial charge in [-0.05, 0) is 24.3 Å². The molecule has 7 nitrogen and oxygen atoms in total. The molecule has 2 amide bonds. The highest BCUT2D eigenvalue weighted by Gasteiger charge is 2.29. The van der Waals surface area contributed by atoms with Gasteiger partial charge in [0.05, 0.1) is 11.8 Å². The number of anilines is 2. The van der Waals surface area contributed by atoms with Crippen molar-refractivity contribution < 1.29 is 27.5 Å². The van der Waals surface area contributed by atoms with Gasteiger partial charge < -0.3 is 14.6 Å². The molecule has 0 aliphatic rings. The fraction of sp³-hybridized carbons (Fsp3) is 0.154. The molecule has 1 aromatic heterocycles. The van der Waals surface area contributed by atoms with Gasteiger partial charge in [0.25, 0.3) is 0 Å². The van der Waals surface area contributed by atoms with Crippen molar-refractivity contribution >= 4 is 24.0 Å². The molecule has 0 aliphatic carbocycles. The zero-order valence-corrected chi connectivity index (χ0v) is 11.7. The van der Waals surface area contributed by atoms with Crippen LogP contribution in [0.15, 0.2) is 30.5 Å². The Labute approximate surface area is 128 Å². The maximum Gasteiger partial charge on any atom is 0.416 e. The van der Waals surface area contributed by atoms with Crippen LogP contribution in [0.1, 0.15) is 5.56 Å². The number of alkyl halides is 3. The highest BCUT2D eigenvalue weighted by atomic mass is 19.4. The number of aromatic nitrogens is 2. The second-order valence-corrected chi connectivity index (χ2v) is 4.39. The van der Waals surface area contributed by atoms with Crippen LogP contribution in [-0.4, -0.2) is 22.1 Å². The third kappa shape index (κ3) is 4.22. The number of nitrogens with zero attached hydrogens (tertiary/aromatic N) is 2. The smallest absolute Gasteiger partial charge is 0.394 e. The van der Waals surface area contributed by atoms with E-state index in [0.717, 1.165) is 24.3 Å². The number of carbonyl (C=O) groups is 2. The van der Waals surface area contributed by atoms with E-state index in [2.05, 4.69) is 20.4 Å². The number of imidazole rings is 1. The molecule has 0 atom stereocenters. The minimum atomic E-state index is -4.44. The number of aryl methyl sites for hydroxylation is 1. The van der Waals surface area contributed by atoms with Gasteiger partial charge in [-0.1, -0.05) is 0 Å². The highest BCUT2D eigenvalue weighted by Crippen LogP contribution is 2.29. The second-order valence-electron chi connectivity index (χ2n) is 4.39. The van der Waals surface area contributed by atoms with Crippen LogP contribution in [0.5, 0.6) is 6.01 Å². The molecular weight excluding hydrogens is 317 g/mol. The summed E-state index contributed by atoms with van der Waals surface area (Å²) < 4.78 is 43.2. The molecule has 1 heterocycles. The number of hydrogen-bond acceptors (Lipinski definition) is 4. The molecule has 0 spiro atoms. The topological polar surface area (TPSA) is 85.2 Å². The minimum absolute atomic E-state index is 0.0233. The predicted octanol–water partition coefficient (Wildman–Crippen LogP) is 2.62. The minimum Gasteiger partial charge on any atom is -0.394 e. The summed E-state index contributed by atoms with van der Waals surface area (Å²) >= 11 is 0. The van der Waals surface area contributed by atoms with E-state index >= 15 is 0 Å². The lowest BCUT2D eigenvalue weighted by atomic mass is 10.2. The summed E-state index contributed by atoms with van der Waals surface area (Å²) in [6.07, 6.45) is -3.05. The van der Waals surface area contributed by atoms with E-state index in [1.807, 2.05) is 0 Å². The molecule has 0 saturated carbocycles. The molecule has 0 fully saturated rings. The van der Waals surface area contributed by atoms with Crippen LogP contribution in [0.2, 0.25) is 0 Å². The van der Waals surface area contributed by atoms with E-state index in [4.69, 9.17) is 0 Å². The molecule has 2 rings (SSSR count). The zero-order chi connectivity index (χ0) is 17.0. The number of amides is 2. The average Bonchev–Trinajstić information content (AvgIpc) is 2.78. The van der Waals surface area contributed by atoms with E-state index in [9.17, 15) is 22.8 Å². The van der Waals surface area contributed by atoms with Crippen LogP contribution in [0.25, 0.3) is 0 Å². The van der Waals surface area contributed by atoms with Crippen molar-refractivity contribution in [1.82, 2.24) is 9.55 Å². The van der Waals surface area contributed by atoms with E-state index in [1.54, 1.807) is 7.05 Å². The lowest BCUT2D eigenvalue weighted by molar-refractivity contribution is -0.137. The standard InChI is InChI=1S/C13H11F3N4O3/c1-20-6-10(19-12(20)23-7-21)18-11(22)17-9-4-2-8(3-5-9)13(14,15)16/h2-7H,1H3,(H2,17,18,22). The normalized spacial score (nSPS) is 11.0. The van der Waals surface area contributed by atoms with Gasteiger partial charge in [-0.25, -0.2) is 4.79 Å². The monoisotopic (exact) mass is 328 g/mol. The van der Waals surface area contributed by atoms with Gasteiger partial charge in [-0.3, -0.25) is 10.1 Å². The van der Waals surface area contributed by atoms with Gasteiger partial charge in [0.15, 0.2) is 5.82 Å². The van der Waals surface area contributed by atoms with Crippen LogP contribution in [0.4, 0.5) is 29.5 Å². The molecule has 0 saturated heterocycles. The van der Waals surface area contributed by atoms with Crippen LogP contribution >= 0.6 is 0 Å². The van der Waals surface area contributed by atoms with Gasteiger partial charge in [0.2, 0.25) is 0 Å². The number of ether oxygens (including phenoxy) is 1. The number of nitrogens with one attached hydrogen (secondary N) is 2. The Hall–Kier alpha value is -3.04. The van der Waals surface area contributed by atoms with Crippen molar-refractivity contribution in [3.05, 3.63) is 36.0 Å². The Bertz CT molecular complexity index is 710. The number of urea groups is 1. The van der Waals surface area contributed by atoms with Crippen molar-refractivity contribution in [3.63, 3.8) is 0 Å². The molecule has 0 aliphatic heterocycles. The fourth-order valence-electron chi connectivity index (χ4n) is 1.68. The number of rotatable bonds is 4. The Morgan fingerprint density at radius 3 is 2.48 bits per heavy atom. The largest absolute Gasteiger partial charge is 0.416 e. The number of carbonyl (C=O) groups excluding carboxylic acids is 2.